The lowest BCUT2D eigenvalue weighted by Gasteiger charge is -2.29. The van der Waals surface area contributed by atoms with E-state index in [2.05, 4.69) is 67.4 Å². The van der Waals surface area contributed by atoms with Crippen molar-refractivity contribution in [1.29, 1.82) is 0 Å². The Morgan fingerprint density at radius 1 is 0.968 bits per heavy atom. The second kappa shape index (κ2) is 12.0. The van der Waals surface area contributed by atoms with Gasteiger partial charge in [0.1, 0.15) is 12.4 Å². The minimum atomic E-state index is 0.143. The predicted octanol–water partition coefficient (Wildman–Crippen LogP) is 4.83. The highest BCUT2D eigenvalue weighted by Crippen LogP contribution is 2.37. The number of ether oxygens (including phenoxy) is 3. The SMILES string of the molecule is CCCCOc1ccc(C2NCCc3cc(OC)c(OCCN(CC)CC)cc32)cc1. The first-order valence-corrected chi connectivity index (χ1v) is 11.7. The number of hydrogen-bond donors (Lipinski definition) is 1. The summed E-state index contributed by atoms with van der Waals surface area (Å²) in [7, 11) is 1.72. The average Bonchev–Trinajstić information content (AvgIpc) is 2.81. The maximum atomic E-state index is 6.17. The molecule has 0 fully saturated rings. The molecule has 1 atom stereocenters. The minimum Gasteiger partial charge on any atom is -0.494 e. The number of fused-ring (bicyclic) bond motifs is 1. The summed E-state index contributed by atoms with van der Waals surface area (Å²) in [5, 5.41) is 3.68. The van der Waals surface area contributed by atoms with E-state index in [9.17, 15) is 0 Å². The Bertz CT molecular complexity index is 803. The summed E-state index contributed by atoms with van der Waals surface area (Å²) in [6.07, 6.45) is 3.21. The zero-order chi connectivity index (χ0) is 22.1. The van der Waals surface area contributed by atoms with Gasteiger partial charge in [-0.1, -0.05) is 39.3 Å². The van der Waals surface area contributed by atoms with E-state index in [1.165, 1.54) is 16.7 Å². The maximum absolute atomic E-state index is 6.17. The van der Waals surface area contributed by atoms with Crippen LogP contribution in [0.1, 0.15) is 56.3 Å². The first kappa shape index (κ1) is 23.4. The molecule has 0 aromatic heterocycles. The Hall–Kier alpha value is -2.24. The summed E-state index contributed by atoms with van der Waals surface area (Å²) in [6.45, 7) is 11.9. The normalized spacial score (nSPS) is 15.6. The van der Waals surface area contributed by atoms with Crippen LogP contribution in [0.25, 0.3) is 0 Å². The molecule has 170 valence electrons. The van der Waals surface area contributed by atoms with Crippen LogP contribution in [0.3, 0.4) is 0 Å². The number of nitrogens with zero attached hydrogens (tertiary/aromatic N) is 1. The van der Waals surface area contributed by atoms with Gasteiger partial charge in [0.05, 0.1) is 19.8 Å². The molecule has 2 aromatic carbocycles. The second-order valence-electron chi connectivity index (χ2n) is 7.99. The van der Waals surface area contributed by atoms with Crippen molar-refractivity contribution in [2.45, 2.75) is 46.1 Å². The third kappa shape index (κ3) is 6.14. The Balaban J connectivity index is 1.77. The lowest BCUT2D eigenvalue weighted by molar-refractivity contribution is 0.217. The highest BCUT2D eigenvalue weighted by Gasteiger charge is 2.24. The van der Waals surface area contributed by atoms with Crippen molar-refractivity contribution in [3.05, 3.63) is 53.1 Å². The molecule has 5 heteroatoms. The third-order valence-electron chi connectivity index (χ3n) is 6.02. The smallest absolute Gasteiger partial charge is 0.161 e. The van der Waals surface area contributed by atoms with Crippen molar-refractivity contribution in [3.8, 4) is 17.2 Å². The van der Waals surface area contributed by atoms with Crippen LogP contribution < -0.4 is 19.5 Å². The standard InChI is InChI=1S/C26H38N2O3/c1-5-8-16-30-22-11-9-20(10-12-22)26-23-19-25(31-17-15-28(6-2)7-3)24(29-4)18-21(23)13-14-27-26/h9-12,18-19,26-27H,5-8,13-17H2,1-4H3. The van der Waals surface area contributed by atoms with Crippen LogP contribution in [-0.2, 0) is 6.42 Å². The number of methoxy groups -OCH3 is 1. The topological polar surface area (TPSA) is 43.0 Å². The van der Waals surface area contributed by atoms with E-state index in [0.717, 1.165) is 69.3 Å². The fourth-order valence-corrected chi connectivity index (χ4v) is 4.05. The van der Waals surface area contributed by atoms with Crippen molar-refractivity contribution in [3.63, 3.8) is 0 Å². The number of hydrogen-bond acceptors (Lipinski definition) is 5. The van der Waals surface area contributed by atoms with E-state index in [-0.39, 0.29) is 6.04 Å². The van der Waals surface area contributed by atoms with Crippen molar-refractivity contribution in [1.82, 2.24) is 10.2 Å². The van der Waals surface area contributed by atoms with Crippen molar-refractivity contribution in [2.75, 3.05) is 46.5 Å². The van der Waals surface area contributed by atoms with Crippen LogP contribution in [-0.4, -0.2) is 51.4 Å². The van der Waals surface area contributed by atoms with Crippen LogP contribution in [0, 0.1) is 0 Å². The molecule has 0 radical (unpaired) electrons. The number of nitrogens with one attached hydrogen (secondary N) is 1. The lowest BCUT2D eigenvalue weighted by atomic mass is 9.89. The van der Waals surface area contributed by atoms with Gasteiger partial charge in [0, 0.05) is 13.1 Å². The van der Waals surface area contributed by atoms with E-state index < -0.39 is 0 Å². The molecule has 1 heterocycles. The predicted molar refractivity (Wildman–Crippen MR) is 127 cm³/mol. The van der Waals surface area contributed by atoms with Gasteiger partial charge >= 0.3 is 0 Å². The molecular formula is C26H38N2O3. The Morgan fingerprint density at radius 2 is 1.74 bits per heavy atom. The van der Waals surface area contributed by atoms with Crippen LogP contribution in [0.5, 0.6) is 17.2 Å². The first-order chi connectivity index (χ1) is 15.2. The molecule has 1 unspecified atom stereocenters. The van der Waals surface area contributed by atoms with Gasteiger partial charge in [-0.15, -0.1) is 0 Å². The molecule has 1 aliphatic rings. The van der Waals surface area contributed by atoms with Gasteiger partial charge in [-0.05, 0) is 66.9 Å². The van der Waals surface area contributed by atoms with Gasteiger partial charge in [0.15, 0.2) is 11.5 Å². The van der Waals surface area contributed by atoms with Crippen molar-refractivity contribution >= 4 is 0 Å². The first-order valence-electron chi connectivity index (χ1n) is 11.7. The van der Waals surface area contributed by atoms with Crippen molar-refractivity contribution < 1.29 is 14.2 Å². The zero-order valence-electron chi connectivity index (χ0n) is 19.6. The summed E-state index contributed by atoms with van der Waals surface area (Å²) in [5.41, 5.74) is 3.83. The Labute approximate surface area is 187 Å². The van der Waals surface area contributed by atoms with Gasteiger partial charge in [0.2, 0.25) is 0 Å². The van der Waals surface area contributed by atoms with Gasteiger partial charge in [-0.2, -0.15) is 0 Å². The van der Waals surface area contributed by atoms with Crippen LogP contribution in [0.2, 0.25) is 0 Å². The second-order valence-corrected chi connectivity index (χ2v) is 7.99. The van der Waals surface area contributed by atoms with Gasteiger partial charge in [-0.25, -0.2) is 0 Å². The molecule has 1 N–H and O–H groups in total. The average molecular weight is 427 g/mol. The van der Waals surface area contributed by atoms with Crippen LogP contribution in [0.15, 0.2) is 36.4 Å². The van der Waals surface area contributed by atoms with Crippen molar-refractivity contribution in [2.24, 2.45) is 0 Å². The quantitative estimate of drug-likeness (QED) is 0.493. The number of benzene rings is 2. The van der Waals surface area contributed by atoms with Gasteiger partial charge in [0.25, 0.3) is 0 Å². The number of unbranched alkanes of at least 4 members (excludes halogenated alkanes) is 1. The maximum Gasteiger partial charge on any atom is 0.161 e. The molecule has 31 heavy (non-hydrogen) atoms. The summed E-state index contributed by atoms with van der Waals surface area (Å²) in [6, 6.07) is 12.9. The van der Waals surface area contributed by atoms with E-state index in [4.69, 9.17) is 14.2 Å². The highest BCUT2D eigenvalue weighted by molar-refractivity contribution is 5.52. The summed E-state index contributed by atoms with van der Waals surface area (Å²) in [5.74, 6) is 2.57. The molecule has 0 saturated heterocycles. The fourth-order valence-electron chi connectivity index (χ4n) is 4.05. The monoisotopic (exact) mass is 426 g/mol. The molecule has 0 amide bonds. The molecule has 3 rings (SSSR count). The molecule has 5 nitrogen and oxygen atoms in total. The number of likely N-dealkylation sites (N-methyl/N-ethyl adjacent to an activating group) is 1. The third-order valence-corrected chi connectivity index (χ3v) is 6.02. The van der Waals surface area contributed by atoms with Crippen LogP contribution in [0.4, 0.5) is 0 Å². The molecule has 0 spiro atoms. The van der Waals surface area contributed by atoms with E-state index in [1.54, 1.807) is 7.11 Å². The van der Waals surface area contributed by atoms with E-state index in [1.807, 2.05) is 0 Å². The van der Waals surface area contributed by atoms with E-state index >= 15 is 0 Å². The molecule has 0 saturated carbocycles. The molecule has 0 aliphatic carbocycles. The Morgan fingerprint density at radius 3 is 2.42 bits per heavy atom. The Kier molecular flexibility index (Phi) is 9.04. The molecular weight excluding hydrogens is 388 g/mol. The van der Waals surface area contributed by atoms with Gasteiger partial charge in [-0.3, -0.25) is 0 Å². The van der Waals surface area contributed by atoms with Gasteiger partial charge < -0.3 is 24.4 Å². The summed E-state index contributed by atoms with van der Waals surface area (Å²) >= 11 is 0. The molecule has 0 bridgehead atoms. The minimum absolute atomic E-state index is 0.143. The lowest BCUT2D eigenvalue weighted by Crippen LogP contribution is -2.31. The molecule has 2 aromatic rings. The zero-order valence-corrected chi connectivity index (χ0v) is 19.6. The van der Waals surface area contributed by atoms with Crippen LogP contribution >= 0.6 is 0 Å². The van der Waals surface area contributed by atoms with E-state index in [0.29, 0.717) is 6.61 Å². The largest absolute Gasteiger partial charge is 0.494 e. The molecule has 1 aliphatic heterocycles. The summed E-state index contributed by atoms with van der Waals surface area (Å²) in [4.78, 5) is 2.36. The highest BCUT2D eigenvalue weighted by atomic mass is 16.5. The number of rotatable bonds is 12. The summed E-state index contributed by atoms with van der Waals surface area (Å²) < 4.78 is 17.7. The fraction of sp³-hybridized carbons (Fsp3) is 0.538.